The first-order chi connectivity index (χ1) is 12.7. The van der Waals surface area contributed by atoms with Crippen molar-refractivity contribution in [2.24, 2.45) is 11.8 Å². The third-order valence-corrected chi connectivity index (χ3v) is 7.52. The number of thioether (sulfide) groups is 1. The maximum absolute atomic E-state index is 12.2. The molecule has 0 heterocycles. The Morgan fingerprint density at radius 3 is 2.67 bits per heavy atom. The minimum Gasteiger partial charge on any atom is -0.392 e. The van der Waals surface area contributed by atoms with Gasteiger partial charge in [-0.2, -0.15) is 11.8 Å². The van der Waals surface area contributed by atoms with E-state index in [0.717, 1.165) is 31.4 Å². The molecule has 0 aromatic carbocycles. The Hall–Kier alpha value is -0.130. The van der Waals surface area contributed by atoms with Crippen LogP contribution in [0.1, 0.15) is 58.3 Å². The molecule has 158 valence electrons. The molecular formula is C20H37O5PS. The van der Waals surface area contributed by atoms with Crippen LogP contribution in [0.15, 0.2) is 12.2 Å². The minimum atomic E-state index is -2.93. The number of hydrogen-bond donors (Lipinski definition) is 3. The first-order valence-corrected chi connectivity index (χ1v) is 13.6. The van der Waals surface area contributed by atoms with Gasteiger partial charge in [0, 0.05) is 36.8 Å². The zero-order valence-electron chi connectivity index (χ0n) is 16.8. The van der Waals surface area contributed by atoms with Gasteiger partial charge in [-0.3, -0.25) is 9.36 Å². The van der Waals surface area contributed by atoms with Gasteiger partial charge in [0.05, 0.1) is 12.2 Å². The molecule has 1 fully saturated rings. The zero-order chi connectivity index (χ0) is 20.3. The molecule has 1 rings (SSSR count). The molecule has 0 aromatic heterocycles. The molecule has 1 aliphatic carbocycles. The molecule has 0 spiro atoms. The quantitative estimate of drug-likeness (QED) is 0.224. The SMILES string of the molecule is CCCCCC[C@H](O)/C=C/[C@H]1C(O)CC(=O)[C@@H]1CCCSCCP(C)(=O)O. The van der Waals surface area contributed by atoms with Crippen LogP contribution in [-0.4, -0.2) is 57.4 Å². The van der Waals surface area contributed by atoms with E-state index in [-0.39, 0.29) is 24.0 Å². The molecular weight excluding hydrogens is 383 g/mol. The largest absolute Gasteiger partial charge is 0.392 e. The Labute approximate surface area is 168 Å². The molecule has 27 heavy (non-hydrogen) atoms. The topological polar surface area (TPSA) is 94.8 Å². The Kier molecular flexibility index (Phi) is 12.1. The number of aliphatic hydroxyl groups is 2. The predicted octanol–water partition coefficient (Wildman–Crippen LogP) is 3.85. The number of carbonyl (C=O) groups is 1. The Morgan fingerprint density at radius 2 is 2.00 bits per heavy atom. The maximum Gasteiger partial charge on any atom is 0.198 e. The summed E-state index contributed by atoms with van der Waals surface area (Å²) in [6.45, 7) is 3.53. The summed E-state index contributed by atoms with van der Waals surface area (Å²) in [6.07, 6.45) is 9.69. The second-order valence-electron chi connectivity index (χ2n) is 7.75. The first-order valence-electron chi connectivity index (χ1n) is 10.2. The first kappa shape index (κ1) is 24.9. The third kappa shape index (κ3) is 10.8. The molecule has 5 nitrogen and oxygen atoms in total. The van der Waals surface area contributed by atoms with E-state index in [0.29, 0.717) is 18.3 Å². The summed E-state index contributed by atoms with van der Waals surface area (Å²) >= 11 is 1.63. The Morgan fingerprint density at radius 1 is 1.26 bits per heavy atom. The molecule has 0 aliphatic heterocycles. The monoisotopic (exact) mass is 420 g/mol. The fourth-order valence-corrected chi connectivity index (χ4v) is 5.91. The molecule has 2 unspecified atom stereocenters. The summed E-state index contributed by atoms with van der Waals surface area (Å²) in [6, 6.07) is 0. The second-order valence-corrected chi connectivity index (χ2v) is 11.5. The van der Waals surface area contributed by atoms with Crippen LogP contribution in [0, 0.1) is 11.8 Å². The highest BCUT2D eigenvalue weighted by Crippen LogP contribution is 2.36. The van der Waals surface area contributed by atoms with Crippen LogP contribution in [0.25, 0.3) is 0 Å². The smallest absolute Gasteiger partial charge is 0.198 e. The van der Waals surface area contributed by atoms with Crippen LogP contribution in [0.5, 0.6) is 0 Å². The number of rotatable bonds is 14. The van der Waals surface area contributed by atoms with E-state index in [2.05, 4.69) is 6.92 Å². The Bertz CT molecular complexity index is 505. The summed E-state index contributed by atoms with van der Waals surface area (Å²) in [7, 11) is -2.93. The van der Waals surface area contributed by atoms with Crippen molar-refractivity contribution in [3.63, 3.8) is 0 Å². The van der Waals surface area contributed by atoms with Crippen LogP contribution >= 0.6 is 19.1 Å². The third-order valence-electron chi connectivity index (χ3n) is 5.10. The van der Waals surface area contributed by atoms with Gasteiger partial charge in [-0.1, -0.05) is 44.8 Å². The number of unbranched alkanes of at least 4 members (excludes halogenated alkanes) is 3. The van der Waals surface area contributed by atoms with Gasteiger partial charge in [0.2, 0.25) is 0 Å². The van der Waals surface area contributed by atoms with E-state index in [1.54, 1.807) is 17.8 Å². The molecule has 3 N–H and O–H groups in total. The molecule has 0 amide bonds. The van der Waals surface area contributed by atoms with Crippen molar-refractivity contribution in [1.82, 2.24) is 0 Å². The van der Waals surface area contributed by atoms with Gasteiger partial charge in [-0.25, -0.2) is 0 Å². The van der Waals surface area contributed by atoms with Gasteiger partial charge >= 0.3 is 0 Å². The van der Waals surface area contributed by atoms with Gasteiger partial charge < -0.3 is 15.1 Å². The number of ketones is 1. The van der Waals surface area contributed by atoms with E-state index < -0.39 is 19.6 Å². The second kappa shape index (κ2) is 13.2. The lowest BCUT2D eigenvalue weighted by Crippen LogP contribution is -2.19. The Balaban J connectivity index is 2.37. The van der Waals surface area contributed by atoms with Gasteiger partial charge in [0.1, 0.15) is 5.78 Å². The summed E-state index contributed by atoms with van der Waals surface area (Å²) in [5.74, 6) is 1.21. The van der Waals surface area contributed by atoms with Crippen molar-refractivity contribution >= 4 is 24.9 Å². The van der Waals surface area contributed by atoms with E-state index in [1.807, 2.05) is 6.08 Å². The van der Waals surface area contributed by atoms with Crippen molar-refractivity contribution in [1.29, 1.82) is 0 Å². The summed E-state index contributed by atoms with van der Waals surface area (Å²) in [5.41, 5.74) is 0. The summed E-state index contributed by atoms with van der Waals surface area (Å²) in [5, 5.41) is 20.3. The van der Waals surface area contributed by atoms with Crippen molar-refractivity contribution in [2.45, 2.75) is 70.5 Å². The average Bonchev–Trinajstić information content (AvgIpc) is 2.85. The van der Waals surface area contributed by atoms with Gasteiger partial charge in [-0.15, -0.1) is 0 Å². The van der Waals surface area contributed by atoms with Gasteiger partial charge in [0.15, 0.2) is 7.37 Å². The predicted molar refractivity (Wildman–Crippen MR) is 114 cm³/mol. The van der Waals surface area contributed by atoms with Crippen LogP contribution in [0.2, 0.25) is 0 Å². The summed E-state index contributed by atoms with van der Waals surface area (Å²) < 4.78 is 11.2. The number of aliphatic hydroxyl groups excluding tert-OH is 2. The normalized spacial score (nSPS) is 26.6. The molecule has 0 saturated heterocycles. The van der Waals surface area contributed by atoms with Gasteiger partial charge in [0.25, 0.3) is 0 Å². The van der Waals surface area contributed by atoms with E-state index in [9.17, 15) is 24.5 Å². The zero-order valence-corrected chi connectivity index (χ0v) is 18.5. The number of Topliss-reactive ketones (excluding diaryl/α,β-unsaturated/α-hetero) is 1. The molecule has 1 aliphatic rings. The molecule has 0 radical (unpaired) electrons. The fourth-order valence-electron chi connectivity index (χ4n) is 3.47. The molecule has 1 saturated carbocycles. The van der Waals surface area contributed by atoms with Crippen LogP contribution < -0.4 is 0 Å². The van der Waals surface area contributed by atoms with Gasteiger partial charge in [-0.05, 0) is 25.0 Å². The minimum absolute atomic E-state index is 0.105. The van der Waals surface area contributed by atoms with Crippen molar-refractivity contribution in [3.05, 3.63) is 12.2 Å². The fraction of sp³-hybridized carbons (Fsp3) is 0.850. The highest BCUT2D eigenvalue weighted by atomic mass is 32.2. The van der Waals surface area contributed by atoms with Crippen molar-refractivity contribution in [3.8, 4) is 0 Å². The van der Waals surface area contributed by atoms with E-state index >= 15 is 0 Å². The van der Waals surface area contributed by atoms with Crippen LogP contribution in [0.3, 0.4) is 0 Å². The van der Waals surface area contributed by atoms with E-state index in [1.165, 1.54) is 19.5 Å². The molecule has 5 atom stereocenters. The maximum atomic E-state index is 12.2. The highest BCUT2D eigenvalue weighted by molar-refractivity contribution is 7.99. The standard InChI is InChI=1S/C20H37O5PS/c1-3-4-5-6-8-16(21)10-11-18-17(19(22)15-20(18)23)9-7-13-27-14-12-26(2,24)25/h10-11,16-18,20-21,23H,3-9,12-15H2,1-2H3,(H,24,25)/b11-10+/t16-,17+,18+,20?/m0/s1. The molecule has 0 aromatic rings. The lowest BCUT2D eigenvalue weighted by Gasteiger charge is -2.18. The summed E-state index contributed by atoms with van der Waals surface area (Å²) in [4.78, 5) is 21.5. The molecule has 7 heteroatoms. The van der Waals surface area contributed by atoms with Crippen molar-refractivity contribution in [2.75, 3.05) is 24.3 Å². The van der Waals surface area contributed by atoms with Crippen LogP contribution in [-0.2, 0) is 9.36 Å². The number of carbonyl (C=O) groups excluding carboxylic acids is 1. The lowest BCUT2D eigenvalue weighted by molar-refractivity contribution is -0.121. The lowest BCUT2D eigenvalue weighted by atomic mass is 9.89. The average molecular weight is 421 g/mol. The highest BCUT2D eigenvalue weighted by Gasteiger charge is 2.39. The van der Waals surface area contributed by atoms with Crippen molar-refractivity contribution < 1.29 is 24.5 Å². The van der Waals surface area contributed by atoms with Crippen LogP contribution in [0.4, 0.5) is 0 Å². The molecule has 0 bridgehead atoms. The van der Waals surface area contributed by atoms with E-state index in [4.69, 9.17) is 0 Å². The number of hydrogen-bond acceptors (Lipinski definition) is 5.